The highest BCUT2D eigenvalue weighted by Gasteiger charge is 2.35. The minimum Gasteiger partial charge on any atom is -0.288 e. The molecule has 3 rings (SSSR count). The first-order valence-corrected chi connectivity index (χ1v) is 6.93. The van der Waals surface area contributed by atoms with Gasteiger partial charge in [0.2, 0.25) is 9.84 Å². The van der Waals surface area contributed by atoms with Crippen molar-refractivity contribution in [3.05, 3.63) is 52.7 Å². The summed E-state index contributed by atoms with van der Waals surface area (Å²) in [5, 5.41) is -0.219. The van der Waals surface area contributed by atoms with E-state index in [9.17, 15) is 13.2 Å². The molecule has 0 aliphatic carbocycles. The lowest BCUT2D eigenvalue weighted by Crippen LogP contribution is -2.21. The molecule has 0 saturated heterocycles. The third kappa shape index (κ3) is 1.41. The van der Waals surface area contributed by atoms with E-state index in [0.717, 1.165) is 0 Å². The standard InChI is InChI=1S/C12H6ClNO3S/c13-10-6-5-8-11(15)7-3-1-2-4-9(7)18(16,17)12(8)14-10/h1-6H. The summed E-state index contributed by atoms with van der Waals surface area (Å²) in [5.41, 5.74) is 0.243. The van der Waals surface area contributed by atoms with Gasteiger partial charge in [-0.25, -0.2) is 13.4 Å². The summed E-state index contributed by atoms with van der Waals surface area (Å²) in [6.07, 6.45) is 0. The Morgan fingerprint density at radius 2 is 1.72 bits per heavy atom. The van der Waals surface area contributed by atoms with E-state index in [1.54, 1.807) is 12.1 Å². The van der Waals surface area contributed by atoms with Gasteiger partial charge in [0.05, 0.1) is 10.5 Å². The fraction of sp³-hybridized carbons (Fsp3) is 0. The van der Waals surface area contributed by atoms with Crippen molar-refractivity contribution < 1.29 is 13.2 Å². The molecular weight excluding hydrogens is 274 g/mol. The van der Waals surface area contributed by atoms with E-state index in [2.05, 4.69) is 4.98 Å². The maximum absolute atomic E-state index is 12.3. The first kappa shape index (κ1) is 11.4. The highest BCUT2D eigenvalue weighted by atomic mass is 35.5. The topological polar surface area (TPSA) is 64.1 Å². The molecule has 0 N–H and O–H groups in total. The number of rotatable bonds is 0. The van der Waals surface area contributed by atoms with Gasteiger partial charge in [-0.2, -0.15) is 0 Å². The lowest BCUT2D eigenvalue weighted by molar-refractivity contribution is 0.103. The number of carbonyl (C=O) groups excluding carboxylic acids is 1. The molecule has 0 saturated carbocycles. The second-order valence-corrected chi connectivity index (χ2v) is 6.04. The maximum atomic E-state index is 12.3. The average Bonchev–Trinajstić information content (AvgIpc) is 2.36. The SMILES string of the molecule is O=C1c2ccccc2S(=O)(=O)c2nc(Cl)ccc21. The molecule has 90 valence electrons. The van der Waals surface area contributed by atoms with Gasteiger partial charge >= 0.3 is 0 Å². The molecule has 0 amide bonds. The molecule has 1 aliphatic rings. The zero-order valence-corrected chi connectivity index (χ0v) is 10.5. The minimum atomic E-state index is -3.77. The number of fused-ring (bicyclic) bond motifs is 2. The number of ketones is 1. The van der Waals surface area contributed by atoms with Crippen LogP contribution in [0.4, 0.5) is 0 Å². The van der Waals surface area contributed by atoms with Crippen molar-refractivity contribution in [3.8, 4) is 0 Å². The number of hydrogen-bond donors (Lipinski definition) is 0. The van der Waals surface area contributed by atoms with E-state index in [1.807, 2.05) is 0 Å². The lowest BCUT2D eigenvalue weighted by Gasteiger charge is -2.17. The van der Waals surface area contributed by atoms with Crippen molar-refractivity contribution >= 4 is 27.2 Å². The smallest absolute Gasteiger partial charge is 0.225 e. The largest absolute Gasteiger partial charge is 0.288 e. The van der Waals surface area contributed by atoms with E-state index >= 15 is 0 Å². The number of nitrogens with zero attached hydrogens (tertiary/aromatic N) is 1. The molecule has 0 atom stereocenters. The van der Waals surface area contributed by atoms with E-state index in [1.165, 1.54) is 24.3 Å². The first-order valence-electron chi connectivity index (χ1n) is 5.07. The van der Waals surface area contributed by atoms with Crippen molar-refractivity contribution in [2.45, 2.75) is 9.92 Å². The zero-order chi connectivity index (χ0) is 12.9. The number of hydrogen-bond acceptors (Lipinski definition) is 4. The highest BCUT2D eigenvalue weighted by molar-refractivity contribution is 7.91. The van der Waals surface area contributed by atoms with Gasteiger partial charge in [0.25, 0.3) is 0 Å². The fourth-order valence-electron chi connectivity index (χ4n) is 1.93. The molecule has 0 bridgehead atoms. The molecule has 18 heavy (non-hydrogen) atoms. The van der Waals surface area contributed by atoms with Crippen LogP contribution in [0.1, 0.15) is 15.9 Å². The Hall–Kier alpha value is -1.72. The van der Waals surface area contributed by atoms with Crippen LogP contribution in [0.15, 0.2) is 46.3 Å². The van der Waals surface area contributed by atoms with Crippen molar-refractivity contribution in [2.75, 3.05) is 0 Å². The number of sulfone groups is 1. The molecule has 4 nitrogen and oxygen atoms in total. The summed E-state index contributed by atoms with van der Waals surface area (Å²) in [6, 6.07) is 8.88. The molecule has 1 aliphatic heterocycles. The van der Waals surface area contributed by atoms with Crippen molar-refractivity contribution in [1.29, 1.82) is 0 Å². The summed E-state index contributed by atoms with van der Waals surface area (Å²) in [5.74, 6) is -0.348. The molecule has 6 heteroatoms. The third-order valence-electron chi connectivity index (χ3n) is 2.75. The predicted molar refractivity (Wildman–Crippen MR) is 64.6 cm³/mol. The summed E-state index contributed by atoms with van der Waals surface area (Å²) < 4.78 is 24.6. The zero-order valence-electron chi connectivity index (χ0n) is 8.92. The van der Waals surface area contributed by atoms with Gasteiger partial charge < -0.3 is 0 Å². The van der Waals surface area contributed by atoms with E-state index < -0.39 is 9.84 Å². The number of halogens is 1. The van der Waals surface area contributed by atoms with E-state index in [-0.39, 0.29) is 32.0 Å². The molecule has 1 aromatic carbocycles. The second-order valence-electron chi connectivity index (χ2n) is 3.82. The molecule has 0 spiro atoms. The molecule has 2 aromatic rings. The second kappa shape index (κ2) is 3.63. The van der Waals surface area contributed by atoms with E-state index in [4.69, 9.17) is 11.6 Å². The van der Waals surface area contributed by atoms with Crippen LogP contribution in [0.5, 0.6) is 0 Å². The summed E-state index contributed by atoms with van der Waals surface area (Å²) in [4.78, 5) is 15.9. The van der Waals surface area contributed by atoms with Crippen molar-refractivity contribution in [3.63, 3.8) is 0 Å². The van der Waals surface area contributed by atoms with Crippen LogP contribution in [-0.4, -0.2) is 19.2 Å². The molecule has 0 fully saturated rings. The van der Waals surface area contributed by atoms with Gasteiger partial charge in [0.1, 0.15) is 5.15 Å². The van der Waals surface area contributed by atoms with Gasteiger partial charge in [-0.3, -0.25) is 4.79 Å². The number of carbonyl (C=O) groups is 1. The van der Waals surface area contributed by atoms with Gasteiger partial charge in [-0.15, -0.1) is 0 Å². The maximum Gasteiger partial charge on any atom is 0.225 e. The highest BCUT2D eigenvalue weighted by Crippen LogP contribution is 2.33. The van der Waals surface area contributed by atoms with E-state index in [0.29, 0.717) is 0 Å². The molecule has 1 aromatic heterocycles. The van der Waals surface area contributed by atoms with Crippen LogP contribution in [-0.2, 0) is 9.84 Å². The van der Waals surface area contributed by atoms with Gasteiger partial charge in [0.15, 0.2) is 10.8 Å². The Labute approximate surface area is 108 Å². The van der Waals surface area contributed by atoms with Crippen molar-refractivity contribution in [2.24, 2.45) is 0 Å². The Kier molecular flexibility index (Phi) is 2.30. The Bertz CT molecular complexity index is 784. The Morgan fingerprint density at radius 1 is 1.00 bits per heavy atom. The quantitative estimate of drug-likeness (QED) is 0.591. The normalized spacial score (nSPS) is 15.9. The van der Waals surface area contributed by atoms with Crippen LogP contribution in [0.25, 0.3) is 0 Å². The van der Waals surface area contributed by atoms with Crippen LogP contribution in [0, 0.1) is 0 Å². The molecule has 0 radical (unpaired) electrons. The molecule has 0 unspecified atom stereocenters. The number of benzene rings is 1. The minimum absolute atomic E-state index is 0.0164. The number of pyridine rings is 1. The molecular formula is C12H6ClNO3S. The fourth-order valence-corrected chi connectivity index (χ4v) is 3.72. The van der Waals surface area contributed by atoms with Crippen molar-refractivity contribution in [1.82, 2.24) is 4.98 Å². The summed E-state index contributed by atoms with van der Waals surface area (Å²) in [7, 11) is -3.77. The van der Waals surface area contributed by atoms with Crippen LogP contribution in [0.3, 0.4) is 0 Å². The molecule has 2 heterocycles. The Balaban J connectivity index is 2.45. The van der Waals surface area contributed by atoms with Crippen LogP contribution < -0.4 is 0 Å². The third-order valence-corrected chi connectivity index (χ3v) is 4.71. The Morgan fingerprint density at radius 3 is 2.50 bits per heavy atom. The first-order chi connectivity index (χ1) is 8.51. The van der Waals surface area contributed by atoms with Crippen LogP contribution >= 0.6 is 11.6 Å². The number of aromatic nitrogens is 1. The monoisotopic (exact) mass is 279 g/mol. The van der Waals surface area contributed by atoms with Gasteiger partial charge in [-0.05, 0) is 24.3 Å². The summed E-state index contributed by atoms with van der Waals surface area (Å²) >= 11 is 5.69. The van der Waals surface area contributed by atoms with Gasteiger partial charge in [0, 0.05) is 5.56 Å². The summed E-state index contributed by atoms with van der Waals surface area (Å²) in [6.45, 7) is 0. The average molecular weight is 280 g/mol. The van der Waals surface area contributed by atoms with Gasteiger partial charge in [-0.1, -0.05) is 23.7 Å². The lowest BCUT2D eigenvalue weighted by atomic mass is 10.0. The predicted octanol–water partition coefficient (Wildman–Crippen LogP) is 2.11. The van der Waals surface area contributed by atoms with Crippen LogP contribution in [0.2, 0.25) is 5.15 Å².